The van der Waals surface area contributed by atoms with Gasteiger partial charge in [-0.25, -0.2) is 9.97 Å². The fraction of sp³-hybridized carbons (Fsp3) is 0.571. The Labute approximate surface area is 124 Å². The molecule has 0 aliphatic rings. The first kappa shape index (κ1) is 15.2. The molecule has 0 bridgehead atoms. The molecule has 1 atom stereocenters. The Morgan fingerprint density at radius 2 is 2.05 bits per heavy atom. The second kappa shape index (κ2) is 7.01. The van der Waals surface area contributed by atoms with Gasteiger partial charge in [0, 0.05) is 12.7 Å². The molecule has 0 radical (unpaired) electrons. The van der Waals surface area contributed by atoms with Crippen molar-refractivity contribution in [1.82, 2.24) is 29.6 Å². The summed E-state index contributed by atoms with van der Waals surface area (Å²) in [5.41, 5.74) is 1.02. The van der Waals surface area contributed by atoms with E-state index in [2.05, 4.69) is 38.8 Å². The van der Waals surface area contributed by atoms with Crippen molar-refractivity contribution in [2.75, 3.05) is 0 Å². The number of nitrogens with one attached hydrogen (secondary N) is 1. The molecule has 0 aliphatic carbocycles. The van der Waals surface area contributed by atoms with E-state index in [0.29, 0.717) is 19.0 Å². The second-order valence-electron chi connectivity index (χ2n) is 5.67. The van der Waals surface area contributed by atoms with Crippen molar-refractivity contribution >= 4 is 5.91 Å². The van der Waals surface area contributed by atoms with Crippen molar-refractivity contribution in [3.8, 4) is 0 Å². The number of nitrogens with zero attached hydrogens (tertiary/aromatic N) is 5. The summed E-state index contributed by atoms with van der Waals surface area (Å²) in [5, 5.41) is 6.96. The van der Waals surface area contributed by atoms with Gasteiger partial charge in [-0.15, -0.1) is 0 Å². The van der Waals surface area contributed by atoms with Gasteiger partial charge in [0.05, 0.1) is 31.0 Å². The lowest BCUT2D eigenvalue weighted by atomic mass is 10.1. The molecule has 0 saturated heterocycles. The number of hydrogen-bond acceptors (Lipinski definition) is 4. The van der Waals surface area contributed by atoms with Gasteiger partial charge >= 0.3 is 0 Å². The third-order valence-electron chi connectivity index (χ3n) is 3.18. The van der Waals surface area contributed by atoms with E-state index < -0.39 is 0 Å². The van der Waals surface area contributed by atoms with Gasteiger partial charge in [-0.3, -0.25) is 9.48 Å². The summed E-state index contributed by atoms with van der Waals surface area (Å²) >= 11 is 0. The Hall–Kier alpha value is -2.18. The molecule has 2 aromatic rings. The summed E-state index contributed by atoms with van der Waals surface area (Å²) in [4.78, 5) is 20.1. The van der Waals surface area contributed by atoms with Crippen molar-refractivity contribution in [1.29, 1.82) is 0 Å². The number of hydrogen-bond donors (Lipinski definition) is 1. The quantitative estimate of drug-likeness (QED) is 0.828. The molecule has 0 saturated carbocycles. The van der Waals surface area contributed by atoms with Crippen LogP contribution in [-0.4, -0.2) is 30.2 Å². The maximum absolute atomic E-state index is 12.1. The number of imidazole rings is 1. The molecule has 0 spiro atoms. The molecule has 7 heteroatoms. The van der Waals surface area contributed by atoms with Gasteiger partial charge in [0.1, 0.15) is 12.7 Å². The van der Waals surface area contributed by atoms with Crippen LogP contribution in [0.2, 0.25) is 0 Å². The Morgan fingerprint density at radius 1 is 1.24 bits per heavy atom. The SMILES string of the molecule is CC(C)Cn1cncc1CNC(=O)[C@H](C)Cn1cncn1. The highest BCUT2D eigenvalue weighted by molar-refractivity contribution is 5.78. The number of carbonyl (C=O) groups excluding carboxylic acids is 1. The van der Waals surface area contributed by atoms with Gasteiger partial charge in [-0.1, -0.05) is 20.8 Å². The third kappa shape index (κ3) is 4.40. The minimum atomic E-state index is -0.159. The molecule has 21 heavy (non-hydrogen) atoms. The van der Waals surface area contributed by atoms with Crippen LogP contribution in [0.1, 0.15) is 26.5 Å². The van der Waals surface area contributed by atoms with E-state index in [1.165, 1.54) is 6.33 Å². The zero-order chi connectivity index (χ0) is 15.2. The van der Waals surface area contributed by atoms with Crippen LogP contribution in [0.15, 0.2) is 25.2 Å². The molecule has 1 N–H and O–H groups in total. The van der Waals surface area contributed by atoms with Crippen LogP contribution in [0, 0.1) is 11.8 Å². The maximum atomic E-state index is 12.1. The van der Waals surface area contributed by atoms with Crippen LogP contribution >= 0.6 is 0 Å². The predicted molar refractivity (Wildman–Crippen MR) is 78.1 cm³/mol. The van der Waals surface area contributed by atoms with Crippen LogP contribution in [0.25, 0.3) is 0 Å². The van der Waals surface area contributed by atoms with E-state index in [-0.39, 0.29) is 11.8 Å². The molecule has 2 rings (SSSR count). The highest BCUT2D eigenvalue weighted by Gasteiger charge is 2.14. The molecule has 1 amide bonds. The van der Waals surface area contributed by atoms with E-state index in [9.17, 15) is 4.79 Å². The van der Waals surface area contributed by atoms with Crippen LogP contribution in [0.5, 0.6) is 0 Å². The minimum Gasteiger partial charge on any atom is -0.350 e. The van der Waals surface area contributed by atoms with Crippen LogP contribution in [0.4, 0.5) is 0 Å². The number of rotatable bonds is 7. The molecule has 7 nitrogen and oxygen atoms in total. The summed E-state index contributed by atoms with van der Waals surface area (Å²) in [6, 6.07) is 0. The van der Waals surface area contributed by atoms with E-state index >= 15 is 0 Å². The van der Waals surface area contributed by atoms with Gasteiger partial charge in [0.15, 0.2) is 0 Å². The fourth-order valence-corrected chi connectivity index (χ4v) is 2.10. The van der Waals surface area contributed by atoms with Gasteiger partial charge in [-0.2, -0.15) is 5.10 Å². The summed E-state index contributed by atoms with van der Waals surface area (Å²) in [6.45, 7) is 8.11. The summed E-state index contributed by atoms with van der Waals surface area (Å²) in [6.07, 6.45) is 6.68. The monoisotopic (exact) mass is 290 g/mol. The van der Waals surface area contributed by atoms with Gasteiger partial charge in [0.2, 0.25) is 5.91 Å². The summed E-state index contributed by atoms with van der Waals surface area (Å²) < 4.78 is 3.74. The van der Waals surface area contributed by atoms with Crippen LogP contribution in [0.3, 0.4) is 0 Å². The standard InChI is InChI=1S/C14H22N6O/c1-11(2)6-19-9-15-4-13(19)5-17-14(21)12(3)7-20-10-16-8-18-20/h4,8-12H,5-7H2,1-3H3,(H,17,21)/t12-/m1/s1. The van der Waals surface area contributed by atoms with Crippen LogP contribution < -0.4 is 5.32 Å². The first-order valence-electron chi connectivity index (χ1n) is 7.15. The minimum absolute atomic E-state index is 0.00259. The molecule has 0 aliphatic heterocycles. The number of amides is 1. The molecule has 0 fully saturated rings. The summed E-state index contributed by atoms with van der Waals surface area (Å²) in [7, 11) is 0. The molecule has 0 unspecified atom stereocenters. The maximum Gasteiger partial charge on any atom is 0.225 e. The average molecular weight is 290 g/mol. The number of aromatic nitrogens is 5. The highest BCUT2D eigenvalue weighted by Crippen LogP contribution is 2.05. The first-order valence-corrected chi connectivity index (χ1v) is 7.15. The Balaban J connectivity index is 1.84. The van der Waals surface area contributed by atoms with Gasteiger partial charge < -0.3 is 9.88 Å². The molecular weight excluding hydrogens is 268 g/mol. The Morgan fingerprint density at radius 3 is 2.71 bits per heavy atom. The lowest BCUT2D eigenvalue weighted by molar-refractivity contribution is -0.125. The topological polar surface area (TPSA) is 77.6 Å². The van der Waals surface area contributed by atoms with Crippen molar-refractivity contribution in [2.45, 2.75) is 40.4 Å². The highest BCUT2D eigenvalue weighted by atomic mass is 16.1. The van der Waals surface area contributed by atoms with Crippen molar-refractivity contribution < 1.29 is 4.79 Å². The molecule has 114 valence electrons. The fourth-order valence-electron chi connectivity index (χ4n) is 2.10. The molecular formula is C14H22N6O. The Kier molecular flexibility index (Phi) is 5.08. The van der Waals surface area contributed by atoms with E-state index in [0.717, 1.165) is 12.2 Å². The van der Waals surface area contributed by atoms with Gasteiger partial charge in [-0.05, 0) is 5.92 Å². The first-order chi connectivity index (χ1) is 10.1. The number of carbonyl (C=O) groups is 1. The lowest BCUT2D eigenvalue weighted by Crippen LogP contribution is -2.32. The van der Waals surface area contributed by atoms with Crippen molar-refractivity contribution in [3.63, 3.8) is 0 Å². The van der Waals surface area contributed by atoms with Crippen molar-refractivity contribution in [3.05, 3.63) is 30.9 Å². The smallest absolute Gasteiger partial charge is 0.225 e. The van der Waals surface area contributed by atoms with Gasteiger partial charge in [0.25, 0.3) is 0 Å². The van der Waals surface area contributed by atoms with Crippen molar-refractivity contribution in [2.24, 2.45) is 11.8 Å². The Bertz CT molecular complexity index is 560. The predicted octanol–water partition coefficient (Wildman–Crippen LogP) is 1.08. The lowest BCUT2D eigenvalue weighted by Gasteiger charge is -2.14. The molecule has 0 aromatic carbocycles. The van der Waals surface area contributed by atoms with E-state index in [1.807, 2.05) is 6.92 Å². The molecule has 2 heterocycles. The average Bonchev–Trinajstić information content (AvgIpc) is 3.07. The zero-order valence-corrected chi connectivity index (χ0v) is 12.7. The third-order valence-corrected chi connectivity index (χ3v) is 3.18. The van der Waals surface area contributed by atoms with Crippen LogP contribution in [-0.2, 0) is 24.4 Å². The van der Waals surface area contributed by atoms with E-state index in [4.69, 9.17) is 0 Å². The van der Waals surface area contributed by atoms with E-state index in [1.54, 1.807) is 23.5 Å². The molecule has 2 aromatic heterocycles. The zero-order valence-electron chi connectivity index (χ0n) is 12.7. The second-order valence-corrected chi connectivity index (χ2v) is 5.67. The summed E-state index contributed by atoms with van der Waals surface area (Å²) in [5.74, 6) is 0.385. The largest absolute Gasteiger partial charge is 0.350 e. The normalized spacial score (nSPS) is 12.6.